The Kier molecular flexibility index (Phi) is 25.5. The second kappa shape index (κ2) is 32.7. The van der Waals surface area contributed by atoms with Gasteiger partial charge in [-0.3, -0.25) is 14.4 Å². The van der Waals surface area contributed by atoms with Crippen LogP contribution in [0.15, 0.2) is 121 Å². The smallest absolute Gasteiger partial charge is 0.458 e. The average molecular weight is 1280 g/mol. The molecular weight excluding hydrogens is 1190 g/mol. The first-order valence-corrected chi connectivity index (χ1v) is 31.0. The number of Topliss-reactive ketones (excluding diaryl/α,β-unsaturated/α-hetero) is 1. The Balaban J connectivity index is 1.35. The van der Waals surface area contributed by atoms with Crippen molar-refractivity contribution in [2.75, 3.05) is 21.2 Å². The van der Waals surface area contributed by atoms with E-state index in [1.807, 2.05) is 29.2 Å². The SMILES string of the molecule is CC[C@H]1OC(=O)[C@H](C)[C@@H](O[C@H]2C[C@@](C)(OC)[C@@H](OC(=O)OCc3ccccc3)[C@H](C)O2)[C@H](C)C(O[C@@H]2O[C@H](C)C[C@H](N(C)C)[C@H]2OC(=O)OCc2ccccc2)[C@@](C)(CC(C)=O)OC(=O)[C@H](C)[C@@H](OC(=O)OCc2ccccc2)[C@]1(C)OC(=O)OCc1ccccc1. The number of esters is 2. The minimum Gasteiger partial charge on any atom is -0.458 e. The molecule has 92 heavy (non-hydrogen) atoms. The first kappa shape index (κ1) is 71.8. The highest BCUT2D eigenvalue weighted by atomic mass is 16.8. The topological polar surface area (TPSA) is 261 Å². The number of ketones is 1. The summed E-state index contributed by atoms with van der Waals surface area (Å²) in [6.07, 6.45) is -18.4. The predicted molar refractivity (Wildman–Crippen MR) is 329 cm³/mol. The molecular formula is C69H89NO22. The average Bonchev–Trinajstić information content (AvgIpc) is 1.13. The molecule has 0 bridgehead atoms. The molecule has 0 radical (unpaired) electrons. The van der Waals surface area contributed by atoms with E-state index in [9.17, 15) is 24.0 Å². The van der Waals surface area contributed by atoms with Crippen molar-refractivity contribution in [1.29, 1.82) is 0 Å². The Morgan fingerprint density at radius 3 is 1.50 bits per heavy atom. The maximum absolute atomic E-state index is 15.7. The van der Waals surface area contributed by atoms with Crippen LogP contribution < -0.4 is 0 Å². The minimum atomic E-state index is -2.32. The summed E-state index contributed by atoms with van der Waals surface area (Å²) >= 11 is 0. The highest BCUT2D eigenvalue weighted by Gasteiger charge is 2.59. The molecule has 23 heteroatoms. The van der Waals surface area contributed by atoms with Gasteiger partial charge in [-0.05, 0) is 105 Å². The Morgan fingerprint density at radius 1 is 0.576 bits per heavy atom. The Labute approximate surface area is 538 Å². The van der Waals surface area contributed by atoms with Crippen molar-refractivity contribution in [3.8, 4) is 0 Å². The van der Waals surface area contributed by atoms with Crippen molar-refractivity contribution < 1.29 is 105 Å². The standard InChI is InChI=1S/C69H89NO22/c1-14-53-69(10,92-66(77)82-41-51-33-25-18-26-34-51)58(89-64(75)80-39-49-29-21-16-22-30-49)46(6)61(73)91-68(9,36-42(2)71)57(88-62-56(52(70(11)12)35-43(3)83-62)87-63(74)79-38-48-27-19-15-20-28-48)44(4)55(45(5)60(72)85-53)86-54-37-67(8,78-13)59(47(7)84-54)90-65(76)81-40-50-31-23-17-24-32-50/h15-34,43-47,52-59,62H,14,35-41H2,1-13H3/t43-,44+,45-,46-,47+,52+,53-,54+,55+,56-,57?,58-,59+,62+,67-,68-,69-/m1/s1. The molecule has 23 nitrogen and oxygen atoms in total. The van der Waals surface area contributed by atoms with E-state index in [0.717, 1.165) is 5.56 Å². The number of benzene rings is 4. The molecule has 0 spiro atoms. The maximum atomic E-state index is 15.7. The Hall–Kier alpha value is -7.67. The van der Waals surface area contributed by atoms with Gasteiger partial charge in [-0.2, -0.15) is 0 Å². The van der Waals surface area contributed by atoms with Crippen molar-refractivity contribution in [2.45, 2.75) is 206 Å². The van der Waals surface area contributed by atoms with Crippen LogP contribution in [0.4, 0.5) is 19.2 Å². The molecule has 502 valence electrons. The summed E-state index contributed by atoms with van der Waals surface area (Å²) in [4.78, 5) is 103. The minimum absolute atomic E-state index is 0.0755. The van der Waals surface area contributed by atoms with Crippen LogP contribution >= 0.6 is 0 Å². The molecule has 3 aliphatic rings. The van der Waals surface area contributed by atoms with E-state index < -0.39 is 151 Å². The fourth-order valence-corrected chi connectivity index (χ4v) is 12.2. The van der Waals surface area contributed by atoms with Crippen LogP contribution in [-0.4, -0.2) is 153 Å². The number of carbonyl (C=O) groups excluding carboxylic acids is 7. The first-order valence-electron chi connectivity index (χ1n) is 31.0. The summed E-state index contributed by atoms with van der Waals surface area (Å²) in [6, 6.07) is 34.8. The van der Waals surface area contributed by atoms with E-state index >= 15 is 9.59 Å². The van der Waals surface area contributed by atoms with Gasteiger partial charge >= 0.3 is 36.6 Å². The number of carbonyl (C=O) groups is 7. The van der Waals surface area contributed by atoms with Crippen LogP contribution in [0.3, 0.4) is 0 Å². The molecule has 4 aromatic carbocycles. The van der Waals surface area contributed by atoms with E-state index in [1.165, 1.54) is 41.7 Å². The van der Waals surface area contributed by atoms with Gasteiger partial charge in [0.15, 0.2) is 36.5 Å². The summed E-state index contributed by atoms with van der Waals surface area (Å²) in [5, 5.41) is 0. The summed E-state index contributed by atoms with van der Waals surface area (Å²) in [6.45, 7) is 14.5. The number of ether oxygens (including phenoxy) is 15. The lowest BCUT2D eigenvalue weighted by Gasteiger charge is -2.49. The van der Waals surface area contributed by atoms with Gasteiger partial charge < -0.3 is 76.0 Å². The number of nitrogens with zero attached hydrogens (tertiary/aromatic N) is 1. The number of rotatable bonds is 21. The number of cyclic esters (lactones) is 2. The lowest BCUT2D eigenvalue weighted by Crippen LogP contribution is -2.62. The van der Waals surface area contributed by atoms with Crippen LogP contribution in [-0.2, 0) is 112 Å². The van der Waals surface area contributed by atoms with Crippen LogP contribution in [0.2, 0.25) is 0 Å². The van der Waals surface area contributed by atoms with E-state index in [1.54, 1.807) is 146 Å². The highest BCUT2D eigenvalue weighted by molar-refractivity contribution is 5.79. The van der Waals surface area contributed by atoms with Gasteiger partial charge in [0.25, 0.3) is 0 Å². The molecule has 3 fully saturated rings. The van der Waals surface area contributed by atoms with Gasteiger partial charge in [-0.15, -0.1) is 0 Å². The van der Waals surface area contributed by atoms with E-state index in [-0.39, 0.29) is 39.3 Å². The molecule has 1 unspecified atom stereocenters. The van der Waals surface area contributed by atoms with Gasteiger partial charge in [0, 0.05) is 25.9 Å². The van der Waals surface area contributed by atoms with Gasteiger partial charge in [0.2, 0.25) is 0 Å². The van der Waals surface area contributed by atoms with Crippen LogP contribution in [0.25, 0.3) is 0 Å². The molecule has 0 saturated carbocycles. The third-order valence-corrected chi connectivity index (χ3v) is 17.1. The molecule has 3 saturated heterocycles. The van der Waals surface area contributed by atoms with E-state index in [0.29, 0.717) is 23.1 Å². The van der Waals surface area contributed by atoms with Crippen molar-refractivity contribution in [1.82, 2.24) is 4.90 Å². The zero-order chi connectivity index (χ0) is 66.9. The quantitative estimate of drug-likeness (QED) is 0.0554. The third kappa shape index (κ3) is 19.0. The van der Waals surface area contributed by atoms with Crippen LogP contribution in [0, 0.1) is 17.8 Å². The molecule has 3 aliphatic heterocycles. The fraction of sp³-hybridized carbons (Fsp3) is 0.551. The third-order valence-electron chi connectivity index (χ3n) is 17.1. The molecule has 4 aromatic rings. The largest absolute Gasteiger partial charge is 0.509 e. The van der Waals surface area contributed by atoms with Crippen molar-refractivity contribution >= 4 is 42.3 Å². The van der Waals surface area contributed by atoms with Crippen LogP contribution in [0.5, 0.6) is 0 Å². The zero-order valence-electron chi connectivity index (χ0n) is 54.7. The first-order chi connectivity index (χ1) is 43.8. The van der Waals surface area contributed by atoms with Crippen molar-refractivity contribution in [3.63, 3.8) is 0 Å². The van der Waals surface area contributed by atoms with Crippen molar-refractivity contribution in [2.24, 2.45) is 17.8 Å². The summed E-state index contributed by atoms with van der Waals surface area (Å²) in [5.41, 5.74) is -3.21. The van der Waals surface area contributed by atoms with Crippen LogP contribution in [0.1, 0.15) is 117 Å². The number of methoxy groups -OCH3 is 1. The van der Waals surface area contributed by atoms with E-state index in [4.69, 9.17) is 71.1 Å². The van der Waals surface area contributed by atoms with E-state index in [2.05, 4.69) is 0 Å². The Bertz CT molecular complexity index is 3050. The zero-order valence-corrected chi connectivity index (χ0v) is 54.7. The molecule has 17 atom stereocenters. The van der Waals surface area contributed by atoms with Gasteiger partial charge in [-0.25, -0.2) is 19.2 Å². The second-order valence-electron chi connectivity index (χ2n) is 24.7. The lowest BCUT2D eigenvalue weighted by atomic mass is 9.79. The molecule has 0 N–H and O–H groups in total. The highest BCUT2D eigenvalue weighted by Crippen LogP contribution is 2.43. The maximum Gasteiger partial charge on any atom is 0.509 e. The normalized spacial score (nSPS) is 31.1. The Morgan fingerprint density at radius 2 is 1.04 bits per heavy atom. The van der Waals surface area contributed by atoms with Crippen molar-refractivity contribution in [3.05, 3.63) is 144 Å². The monoisotopic (exact) mass is 1280 g/mol. The van der Waals surface area contributed by atoms with Gasteiger partial charge in [0.05, 0.1) is 36.2 Å². The number of likely N-dealkylation sites (N-methyl/N-ethyl adjacent to an activating group) is 1. The number of hydrogen-bond acceptors (Lipinski definition) is 23. The number of hydrogen-bond donors (Lipinski definition) is 0. The van der Waals surface area contributed by atoms with Gasteiger partial charge in [0.1, 0.15) is 55.6 Å². The predicted octanol–water partition coefficient (Wildman–Crippen LogP) is 11.2. The summed E-state index contributed by atoms with van der Waals surface area (Å²) < 4.78 is 93.6. The molecule has 7 rings (SSSR count). The molecule has 3 heterocycles. The summed E-state index contributed by atoms with van der Waals surface area (Å²) in [7, 11) is 5.00. The lowest BCUT2D eigenvalue weighted by molar-refractivity contribution is -0.318. The molecule has 0 aromatic heterocycles. The molecule has 0 aliphatic carbocycles. The fourth-order valence-electron chi connectivity index (χ4n) is 12.2. The molecule has 0 amide bonds. The summed E-state index contributed by atoms with van der Waals surface area (Å²) in [5.74, 6) is -6.86. The van der Waals surface area contributed by atoms with Gasteiger partial charge in [-0.1, -0.05) is 135 Å². The second-order valence-corrected chi connectivity index (χ2v) is 24.7.